The standard InChI is InChI=1S/C21H24N2O3/c1-4-15(2)22-21(25)17-10-6-7-11-18(17)23-20(24)14-13-16-9-5-8-12-19(16)26-3/h5-15H,4H2,1-3H3,(H,22,25)(H,23,24)/b14-13+. The minimum absolute atomic E-state index is 0.0664. The van der Waals surface area contributed by atoms with Crippen LogP contribution in [0.4, 0.5) is 5.69 Å². The number of carbonyl (C=O) groups excluding carboxylic acids is 2. The van der Waals surface area contributed by atoms with Crippen molar-refractivity contribution in [2.45, 2.75) is 26.3 Å². The fraction of sp³-hybridized carbons (Fsp3) is 0.238. The molecule has 2 rings (SSSR count). The van der Waals surface area contributed by atoms with E-state index in [4.69, 9.17) is 4.74 Å². The lowest BCUT2D eigenvalue weighted by Crippen LogP contribution is -2.32. The number of ether oxygens (including phenoxy) is 1. The van der Waals surface area contributed by atoms with Crippen molar-refractivity contribution in [3.63, 3.8) is 0 Å². The maximum Gasteiger partial charge on any atom is 0.253 e. The fourth-order valence-electron chi connectivity index (χ4n) is 2.34. The highest BCUT2D eigenvalue weighted by molar-refractivity contribution is 6.07. The number of benzene rings is 2. The lowest BCUT2D eigenvalue weighted by Gasteiger charge is -2.14. The molecule has 0 aromatic heterocycles. The summed E-state index contributed by atoms with van der Waals surface area (Å²) in [5.74, 6) is 0.161. The van der Waals surface area contributed by atoms with Crippen LogP contribution < -0.4 is 15.4 Å². The van der Waals surface area contributed by atoms with E-state index in [2.05, 4.69) is 10.6 Å². The molecule has 0 bridgehead atoms. The Morgan fingerprint density at radius 1 is 1.12 bits per heavy atom. The Balaban J connectivity index is 2.12. The Labute approximate surface area is 154 Å². The molecule has 5 nitrogen and oxygen atoms in total. The third-order valence-corrected chi connectivity index (χ3v) is 3.97. The van der Waals surface area contributed by atoms with Crippen LogP contribution in [0.25, 0.3) is 6.08 Å². The summed E-state index contributed by atoms with van der Waals surface area (Å²) in [6, 6.07) is 14.4. The third kappa shape index (κ3) is 5.21. The highest BCUT2D eigenvalue weighted by Gasteiger charge is 2.13. The van der Waals surface area contributed by atoms with E-state index in [9.17, 15) is 9.59 Å². The molecule has 2 amide bonds. The van der Waals surface area contributed by atoms with Gasteiger partial charge in [-0.15, -0.1) is 0 Å². The van der Waals surface area contributed by atoms with Crippen molar-refractivity contribution in [3.05, 3.63) is 65.7 Å². The lowest BCUT2D eigenvalue weighted by atomic mass is 10.1. The normalized spacial score (nSPS) is 11.8. The number of rotatable bonds is 7. The van der Waals surface area contributed by atoms with Crippen LogP contribution in [0.15, 0.2) is 54.6 Å². The first-order chi connectivity index (χ1) is 12.5. The Morgan fingerprint density at radius 3 is 2.54 bits per heavy atom. The maximum atomic E-state index is 12.4. The number of nitrogens with one attached hydrogen (secondary N) is 2. The van der Waals surface area contributed by atoms with Gasteiger partial charge in [-0.25, -0.2) is 0 Å². The molecule has 0 saturated carbocycles. The van der Waals surface area contributed by atoms with E-state index in [1.54, 1.807) is 37.5 Å². The number of hydrogen-bond donors (Lipinski definition) is 2. The number of anilines is 1. The number of methoxy groups -OCH3 is 1. The Morgan fingerprint density at radius 2 is 1.81 bits per heavy atom. The van der Waals surface area contributed by atoms with Crippen molar-refractivity contribution in [2.24, 2.45) is 0 Å². The molecule has 2 aromatic carbocycles. The van der Waals surface area contributed by atoms with E-state index in [0.29, 0.717) is 17.0 Å². The summed E-state index contributed by atoms with van der Waals surface area (Å²) in [6.45, 7) is 3.94. The topological polar surface area (TPSA) is 67.4 Å². The van der Waals surface area contributed by atoms with Gasteiger partial charge >= 0.3 is 0 Å². The molecule has 0 radical (unpaired) electrons. The predicted molar refractivity (Wildman–Crippen MR) is 104 cm³/mol. The zero-order valence-electron chi connectivity index (χ0n) is 15.3. The van der Waals surface area contributed by atoms with Gasteiger partial charge in [0.2, 0.25) is 5.91 Å². The van der Waals surface area contributed by atoms with E-state index in [0.717, 1.165) is 12.0 Å². The molecule has 0 aliphatic carbocycles. The quantitative estimate of drug-likeness (QED) is 0.743. The van der Waals surface area contributed by atoms with Gasteiger partial charge in [-0.1, -0.05) is 37.3 Å². The first kappa shape index (κ1) is 19.2. The van der Waals surface area contributed by atoms with Crippen LogP contribution in [0.5, 0.6) is 5.75 Å². The molecule has 136 valence electrons. The van der Waals surface area contributed by atoms with Crippen molar-refractivity contribution < 1.29 is 14.3 Å². The summed E-state index contributed by atoms with van der Waals surface area (Å²) in [7, 11) is 1.58. The minimum Gasteiger partial charge on any atom is -0.496 e. The van der Waals surface area contributed by atoms with Gasteiger partial charge in [-0.05, 0) is 37.6 Å². The van der Waals surface area contributed by atoms with Crippen LogP contribution in [0.1, 0.15) is 36.2 Å². The van der Waals surface area contributed by atoms with Crippen molar-refractivity contribution >= 4 is 23.6 Å². The molecule has 2 N–H and O–H groups in total. The average molecular weight is 352 g/mol. The van der Waals surface area contributed by atoms with Crippen molar-refractivity contribution in [1.29, 1.82) is 0 Å². The second kappa shape index (κ2) is 9.42. The summed E-state index contributed by atoms with van der Waals surface area (Å²) in [4.78, 5) is 24.7. The first-order valence-electron chi connectivity index (χ1n) is 8.57. The molecule has 5 heteroatoms. The van der Waals surface area contributed by atoms with Gasteiger partial charge in [0.1, 0.15) is 5.75 Å². The molecule has 0 saturated heterocycles. The summed E-state index contributed by atoms with van der Waals surface area (Å²) >= 11 is 0. The summed E-state index contributed by atoms with van der Waals surface area (Å²) < 4.78 is 5.26. The Kier molecular flexibility index (Phi) is 6.97. The van der Waals surface area contributed by atoms with Crippen molar-refractivity contribution in [3.8, 4) is 5.75 Å². The van der Waals surface area contributed by atoms with Gasteiger partial charge in [0.05, 0.1) is 18.4 Å². The Hall–Kier alpha value is -3.08. The predicted octanol–water partition coefficient (Wildman–Crippen LogP) is 3.88. The molecular formula is C21H24N2O3. The monoisotopic (exact) mass is 352 g/mol. The van der Waals surface area contributed by atoms with E-state index in [1.165, 1.54) is 6.08 Å². The second-order valence-corrected chi connectivity index (χ2v) is 5.89. The molecule has 0 fully saturated rings. The molecular weight excluding hydrogens is 328 g/mol. The molecule has 26 heavy (non-hydrogen) atoms. The zero-order valence-corrected chi connectivity index (χ0v) is 15.3. The largest absolute Gasteiger partial charge is 0.496 e. The minimum atomic E-state index is -0.320. The van der Waals surface area contributed by atoms with Crippen molar-refractivity contribution in [1.82, 2.24) is 5.32 Å². The summed E-state index contributed by atoms with van der Waals surface area (Å²) in [5.41, 5.74) is 1.71. The molecule has 0 spiro atoms. The number of hydrogen-bond acceptors (Lipinski definition) is 3. The first-order valence-corrected chi connectivity index (χ1v) is 8.57. The van der Waals surface area contributed by atoms with E-state index in [-0.39, 0.29) is 17.9 Å². The van der Waals surface area contributed by atoms with Crippen LogP contribution in [-0.4, -0.2) is 25.0 Å². The van der Waals surface area contributed by atoms with Gasteiger partial charge in [0, 0.05) is 17.7 Å². The molecule has 0 aliphatic rings. The van der Waals surface area contributed by atoms with Crippen molar-refractivity contribution in [2.75, 3.05) is 12.4 Å². The molecule has 2 aromatic rings. The molecule has 1 unspecified atom stereocenters. The zero-order chi connectivity index (χ0) is 18.9. The number of amides is 2. The smallest absolute Gasteiger partial charge is 0.253 e. The van der Waals surface area contributed by atoms with Gasteiger partial charge in [-0.3, -0.25) is 9.59 Å². The lowest BCUT2D eigenvalue weighted by molar-refractivity contribution is -0.111. The highest BCUT2D eigenvalue weighted by atomic mass is 16.5. The van der Waals surface area contributed by atoms with Crippen LogP contribution in [-0.2, 0) is 4.79 Å². The van der Waals surface area contributed by atoms with Gasteiger partial charge in [0.25, 0.3) is 5.91 Å². The van der Waals surface area contributed by atoms with Gasteiger partial charge in [-0.2, -0.15) is 0 Å². The second-order valence-electron chi connectivity index (χ2n) is 5.89. The maximum absolute atomic E-state index is 12.4. The van der Waals surface area contributed by atoms with Gasteiger partial charge < -0.3 is 15.4 Å². The average Bonchev–Trinajstić information content (AvgIpc) is 2.66. The van der Waals surface area contributed by atoms with Crippen LogP contribution in [0.3, 0.4) is 0 Å². The molecule has 0 heterocycles. The van der Waals surface area contributed by atoms with Gasteiger partial charge in [0.15, 0.2) is 0 Å². The van der Waals surface area contributed by atoms with Crippen LogP contribution in [0.2, 0.25) is 0 Å². The van der Waals surface area contributed by atoms with E-state index >= 15 is 0 Å². The summed E-state index contributed by atoms with van der Waals surface area (Å²) in [5, 5.41) is 5.67. The SMILES string of the molecule is CCC(C)NC(=O)c1ccccc1NC(=O)/C=C/c1ccccc1OC. The van der Waals surface area contributed by atoms with Crippen LogP contribution in [0, 0.1) is 0 Å². The summed E-state index contributed by atoms with van der Waals surface area (Å²) in [6.07, 6.45) is 3.93. The number of para-hydroxylation sites is 2. The third-order valence-electron chi connectivity index (χ3n) is 3.97. The number of carbonyl (C=O) groups is 2. The molecule has 0 aliphatic heterocycles. The highest BCUT2D eigenvalue weighted by Crippen LogP contribution is 2.19. The van der Waals surface area contributed by atoms with E-state index < -0.39 is 0 Å². The van der Waals surface area contributed by atoms with E-state index in [1.807, 2.05) is 38.1 Å². The fourth-order valence-corrected chi connectivity index (χ4v) is 2.34. The van der Waals surface area contributed by atoms with Crippen LogP contribution >= 0.6 is 0 Å². The Bertz CT molecular complexity index is 799. The molecule has 1 atom stereocenters.